The minimum atomic E-state index is -0.529. The number of carbonyl (C=O) groups excluding carboxylic acids is 1. The normalized spacial score (nSPS) is 12.6. The fourth-order valence-electron chi connectivity index (χ4n) is 3.85. The van der Waals surface area contributed by atoms with Gasteiger partial charge in [0.1, 0.15) is 5.69 Å². The molecule has 5 rings (SSSR count). The number of nitrogens with zero attached hydrogens (tertiary/aromatic N) is 4. The minimum absolute atomic E-state index is 0.326. The standard InChI is InChI=1S/C22H21N7O/c1-13-18(16-8-5-9-17(20(23)30)29(16)28-13)21-26-15-10-11-24-19(15)22(27-21)25-12-14-6-3-2-4-7-14/h2-9,24H,10-12H2,1H3,(H2,23,30)(H,25,26,27). The number of hydrogen-bond donors (Lipinski definition) is 3. The molecular formula is C22H21N7O. The molecule has 0 aliphatic carbocycles. The van der Waals surface area contributed by atoms with Crippen LogP contribution in [0, 0.1) is 6.92 Å². The summed E-state index contributed by atoms with van der Waals surface area (Å²) in [6, 6.07) is 15.5. The lowest BCUT2D eigenvalue weighted by atomic mass is 10.1. The zero-order valence-corrected chi connectivity index (χ0v) is 16.5. The molecule has 1 aliphatic heterocycles. The summed E-state index contributed by atoms with van der Waals surface area (Å²) in [6.45, 7) is 3.37. The third-order valence-corrected chi connectivity index (χ3v) is 5.26. The highest BCUT2D eigenvalue weighted by Gasteiger charge is 2.23. The van der Waals surface area contributed by atoms with Crippen molar-refractivity contribution in [3.8, 4) is 11.4 Å². The number of primary amides is 1. The average molecular weight is 399 g/mol. The van der Waals surface area contributed by atoms with Crippen LogP contribution in [0.15, 0.2) is 48.5 Å². The van der Waals surface area contributed by atoms with Gasteiger partial charge in [-0.25, -0.2) is 14.5 Å². The van der Waals surface area contributed by atoms with E-state index < -0.39 is 5.91 Å². The highest BCUT2D eigenvalue weighted by Crippen LogP contribution is 2.33. The van der Waals surface area contributed by atoms with Crippen LogP contribution in [-0.4, -0.2) is 32.0 Å². The van der Waals surface area contributed by atoms with Crippen molar-refractivity contribution in [2.75, 3.05) is 17.2 Å². The van der Waals surface area contributed by atoms with Crippen LogP contribution in [0.25, 0.3) is 16.9 Å². The summed E-state index contributed by atoms with van der Waals surface area (Å²) in [6.07, 6.45) is 0.829. The number of aryl methyl sites for hydroxylation is 1. The summed E-state index contributed by atoms with van der Waals surface area (Å²) in [5.74, 6) is 0.822. The second-order valence-electron chi connectivity index (χ2n) is 7.27. The van der Waals surface area contributed by atoms with Gasteiger partial charge in [0.25, 0.3) is 5.91 Å². The quantitative estimate of drug-likeness (QED) is 0.476. The molecule has 4 aromatic rings. The summed E-state index contributed by atoms with van der Waals surface area (Å²) in [7, 11) is 0. The van der Waals surface area contributed by atoms with Gasteiger partial charge in [-0.2, -0.15) is 5.10 Å². The van der Waals surface area contributed by atoms with E-state index in [1.165, 1.54) is 5.56 Å². The van der Waals surface area contributed by atoms with Crippen LogP contribution in [-0.2, 0) is 13.0 Å². The van der Waals surface area contributed by atoms with Crippen LogP contribution in [0.4, 0.5) is 11.5 Å². The van der Waals surface area contributed by atoms with Crippen molar-refractivity contribution in [1.82, 2.24) is 19.6 Å². The van der Waals surface area contributed by atoms with Gasteiger partial charge < -0.3 is 16.4 Å². The van der Waals surface area contributed by atoms with Crippen molar-refractivity contribution < 1.29 is 4.79 Å². The van der Waals surface area contributed by atoms with E-state index >= 15 is 0 Å². The fraction of sp³-hybridized carbons (Fsp3) is 0.182. The number of nitrogens with one attached hydrogen (secondary N) is 2. The third-order valence-electron chi connectivity index (χ3n) is 5.26. The van der Waals surface area contributed by atoms with E-state index in [9.17, 15) is 4.79 Å². The maximum Gasteiger partial charge on any atom is 0.267 e. The Morgan fingerprint density at radius 2 is 2.00 bits per heavy atom. The second-order valence-corrected chi connectivity index (χ2v) is 7.27. The summed E-state index contributed by atoms with van der Waals surface area (Å²) >= 11 is 0. The Labute approximate surface area is 173 Å². The average Bonchev–Trinajstić information content (AvgIpc) is 3.35. The van der Waals surface area contributed by atoms with Gasteiger partial charge in [0.15, 0.2) is 11.6 Å². The van der Waals surface area contributed by atoms with Crippen LogP contribution < -0.4 is 16.4 Å². The van der Waals surface area contributed by atoms with Gasteiger partial charge in [-0.1, -0.05) is 36.4 Å². The number of rotatable bonds is 5. The van der Waals surface area contributed by atoms with Crippen molar-refractivity contribution >= 4 is 22.9 Å². The zero-order valence-electron chi connectivity index (χ0n) is 16.5. The van der Waals surface area contributed by atoms with Crippen molar-refractivity contribution in [3.05, 3.63) is 71.2 Å². The summed E-state index contributed by atoms with van der Waals surface area (Å²) in [5, 5.41) is 11.4. The molecule has 4 N–H and O–H groups in total. The van der Waals surface area contributed by atoms with Gasteiger partial charge in [-0.05, 0) is 24.6 Å². The SMILES string of the molecule is Cc1nn2c(C(N)=O)cccc2c1-c1nc2c(c(NCc3ccccc3)n1)NCC2. The molecule has 3 aromatic heterocycles. The van der Waals surface area contributed by atoms with Gasteiger partial charge in [-0.3, -0.25) is 4.79 Å². The summed E-state index contributed by atoms with van der Waals surface area (Å²) < 4.78 is 1.57. The largest absolute Gasteiger partial charge is 0.380 e. The van der Waals surface area contributed by atoms with Crippen molar-refractivity contribution in [3.63, 3.8) is 0 Å². The van der Waals surface area contributed by atoms with Gasteiger partial charge in [0, 0.05) is 19.5 Å². The Hall–Kier alpha value is -3.94. The summed E-state index contributed by atoms with van der Waals surface area (Å²) in [5.41, 5.74) is 11.2. The first kappa shape index (κ1) is 18.1. The number of aromatic nitrogens is 4. The van der Waals surface area contributed by atoms with E-state index in [-0.39, 0.29) is 0 Å². The highest BCUT2D eigenvalue weighted by atomic mass is 16.1. The third kappa shape index (κ3) is 3.02. The lowest BCUT2D eigenvalue weighted by molar-refractivity contribution is 0.0993. The molecule has 0 fully saturated rings. The molecule has 1 aromatic carbocycles. The minimum Gasteiger partial charge on any atom is -0.380 e. The maximum atomic E-state index is 11.8. The smallest absolute Gasteiger partial charge is 0.267 e. The molecule has 0 saturated heterocycles. The topological polar surface area (TPSA) is 110 Å². The predicted molar refractivity (Wildman–Crippen MR) is 115 cm³/mol. The van der Waals surface area contributed by atoms with E-state index in [0.717, 1.165) is 46.9 Å². The highest BCUT2D eigenvalue weighted by molar-refractivity contribution is 5.93. The molecule has 4 heterocycles. The Morgan fingerprint density at radius 1 is 1.17 bits per heavy atom. The van der Waals surface area contributed by atoms with Gasteiger partial charge >= 0.3 is 0 Å². The van der Waals surface area contributed by atoms with Crippen LogP contribution >= 0.6 is 0 Å². The molecule has 0 saturated carbocycles. The molecule has 0 spiro atoms. The number of benzene rings is 1. The maximum absolute atomic E-state index is 11.8. The predicted octanol–water partition coefficient (Wildman–Crippen LogP) is 2.78. The van der Waals surface area contributed by atoms with Crippen LogP contribution in [0.3, 0.4) is 0 Å². The molecule has 8 heteroatoms. The number of fused-ring (bicyclic) bond motifs is 2. The van der Waals surface area contributed by atoms with E-state index in [1.54, 1.807) is 16.6 Å². The van der Waals surface area contributed by atoms with Crippen LogP contribution in [0.1, 0.15) is 27.4 Å². The molecule has 8 nitrogen and oxygen atoms in total. The Morgan fingerprint density at radius 3 is 2.80 bits per heavy atom. The molecule has 0 unspecified atom stereocenters. The molecule has 0 radical (unpaired) electrons. The Kier molecular flexibility index (Phi) is 4.31. The van der Waals surface area contributed by atoms with Crippen molar-refractivity contribution in [1.29, 1.82) is 0 Å². The zero-order chi connectivity index (χ0) is 20.7. The number of amides is 1. The first-order chi connectivity index (χ1) is 14.6. The number of anilines is 2. The van der Waals surface area contributed by atoms with Crippen LogP contribution in [0.2, 0.25) is 0 Å². The lowest BCUT2D eigenvalue weighted by Gasteiger charge is -2.12. The van der Waals surface area contributed by atoms with Gasteiger partial charge in [-0.15, -0.1) is 0 Å². The molecule has 30 heavy (non-hydrogen) atoms. The van der Waals surface area contributed by atoms with Crippen molar-refractivity contribution in [2.24, 2.45) is 5.73 Å². The molecule has 1 amide bonds. The van der Waals surface area contributed by atoms with E-state index in [1.807, 2.05) is 31.2 Å². The number of pyridine rings is 1. The van der Waals surface area contributed by atoms with Gasteiger partial charge in [0.05, 0.1) is 28.2 Å². The lowest BCUT2D eigenvalue weighted by Crippen LogP contribution is -2.15. The number of hydrogen-bond acceptors (Lipinski definition) is 6. The van der Waals surface area contributed by atoms with E-state index in [4.69, 9.17) is 15.7 Å². The number of nitrogens with two attached hydrogens (primary N) is 1. The fourth-order valence-corrected chi connectivity index (χ4v) is 3.85. The monoisotopic (exact) mass is 399 g/mol. The first-order valence-electron chi connectivity index (χ1n) is 9.83. The molecular weight excluding hydrogens is 378 g/mol. The Bertz CT molecular complexity index is 1260. The summed E-state index contributed by atoms with van der Waals surface area (Å²) in [4.78, 5) is 21.5. The molecule has 0 atom stereocenters. The van der Waals surface area contributed by atoms with Crippen molar-refractivity contribution in [2.45, 2.75) is 19.9 Å². The Balaban J connectivity index is 1.61. The van der Waals surface area contributed by atoms with Gasteiger partial charge in [0.2, 0.25) is 0 Å². The molecule has 150 valence electrons. The molecule has 0 bridgehead atoms. The molecule has 1 aliphatic rings. The van der Waals surface area contributed by atoms with E-state index in [0.29, 0.717) is 18.1 Å². The van der Waals surface area contributed by atoms with E-state index in [2.05, 4.69) is 27.9 Å². The first-order valence-corrected chi connectivity index (χ1v) is 9.83. The second kappa shape index (κ2) is 7.14. The number of carbonyl (C=O) groups is 1. The van der Waals surface area contributed by atoms with Crippen LogP contribution in [0.5, 0.6) is 0 Å².